The van der Waals surface area contributed by atoms with Gasteiger partial charge in [-0.2, -0.15) is 5.01 Å². The van der Waals surface area contributed by atoms with E-state index in [2.05, 4.69) is 5.29 Å². The Morgan fingerprint density at radius 3 is 2.33 bits per heavy atom. The Bertz CT molecular complexity index is 521. The minimum atomic E-state index is -1.55. The van der Waals surface area contributed by atoms with Crippen molar-refractivity contribution in [3.05, 3.63) is 34.7 Å². The first-order chi connectivity index (χ1) is 9.95. The van der Waals surface area contributed by atoms with Crippen LogP contribution in [0.2, 0.25) is 0 Å². The maximum Gasteiger partial charge on any atom is 0.335 e. The van der Waals surface area contributed by atoms with E-state index in [-0.39, 0.29) is 17.9 Å². The number of rotatable bonds is 4. The van der Waals surface area contributed by atoms with Crippen molar-refractivity contribution in [1.82, 2.24) is 0 Å². The van der Waals surface area contributed by atoms with Gasteiger partial charge in [0.15, 0.2) is 6.23 Å². The van der Waals surface area contributed by atoms with Crippen LogP contribution >= 0.6 is 0 Å². The number of carboxylic acid groups (broad SMARTS) is 1. The van der Waals surface area contributed by atoms with Crippen LogP contribution in [0.25, 0.3) is 0 Å². The van der Waals surface area contributed by atoms with Crippen molar-refractivity contribution < 1.29 is 30.0 Å². The smallest absolute Gasteiger partial charge is 0.335 e. The van der Waals surface area contributed by atoms with Gasteiger partial charge in [0, 0.05) is 0 Å². The number of carboxylic acids is 1. The van der Waals surface area contributed by atoms with Gasteiger partial charge in [-0.15, -0.1) is 4.91 Å². The minimum absolute atomic E-state index is 0.0187. The van der Waals surface area contributed by atoms with Gasteiger partial charge in [0.05, 0.1) is 23.1 Å². The van der Waals surface area contributed by atoms with Crippen molar-refractivity contribution >= 4 is 11.7 Å². The van der Waals surface area contributed by atoms with Crippen molar-refractivity contribution in [2.24, 2.45) is 5.29 Å². The van der Waals surface area contributed by atoms with Crippen LogP contribution in [0.15, 0.2) is 29.6 Å². The Balaban J connectivity index is 2.23. The van der Waals surface area contributed by atoms with Gasteiger partial charge >= 0.3 is 5.97 Å². The summed E-state index contributed by atoms with van der Waals surface area (Å²) in [6, 6.07) is 5.16. The molecule has 0 amide bonds. The molecule has 4 atom stereocenters. The number of aliphatic hydroxyl groups excluding tert-OH is 3. The zero-order chi connectivity index (χ0) is 15.6. The van der Waals surface area contributed by atoms with Gasteiger partial charge in [0.1, 0.15) is 18.3 Å². The van der Waals surface area contributed by atoms with Crippen LogP contribution in [0, 0.1) is 4.91 Å². The zero-order valence-electron chi connectivity index (χ0n) is 10.7. The number of benzene rings is 1. The van der Waals surface area contributed by atoms with E-state index in [0.29, 0.717) is 0 Å². The third kappa shape index (κ3) is 3.00. The average Bonchev–Trinajstić information content (AvgIpc) is 2.48. The van der Waals surface area contributed by atoms with Gasteiger partial charge < -0.3 is 25.2 Å². The van der Waals surface area contributed by atoms with E-state index in [1.807, 2.05) is 0 Å². The van der Waals surface area contributed by atoms with E-state index in [9.17, 15) is 25.0 Å². The molecule has 1 fully saturated rings. The molecule has 0 aromatic heterocycles. The molecule has 0 aliphatic carbocycles. The number of hydrogen-bond acceptors (Lipinski definition) is 7. The summed E-state index contributed by atoms with van der Waals surface area (Å²) in [6.07, 6.45) is -5.58. The molecule has 9 nitrogen and oxygen atoms in total. The quantitative estimate of drug-likeness (QED) is 0.423. The van der Waals surface area contributed by atoms with Crippen LogP contribution in [0.3, 0.4) is 0 Å². The minimum Gasteiger partial charge on any atom is -0.478 e. The second kappa shape index (κ2) is 6.14. The lowest BCUT2D eigenvalue weighted by Gasteiger charge is -2.38. The summed E-state index contributed by atoms with van der Waals surface area (Å²) in [5, 5.41) is 41.1. The highest BCUT2D eigenvalue weighted by atomic mass is 16.5. The number of carbonyl (C=O) groups is 1. The van der Waals surface area contributed by atoms with E-state index >= 15 is 0 Å². The van der Waals surface area contributed by atoms with Gasteiger partial charge in [0.25, 0.3) is 0 Å². The zero-order valence-corrected chi connectivity index (χ0v) is 10.7. The van der Waals surface area contributed by atoms with Gasteiger partial charge in [-0.25, -0.2) is 4.79 Å². The molecule has 4 unspecified atom stereocenters. The molecule has 1 aromatic rings. The van der Waals surface area contributed by atoms with Gasteiger partial charge in [0.2, 0.25) is 0 Å². The normalized spacial score (nSPS) is 28.9. The summed E-state index contributed by atoms with van der Waals surface area (Å²) in [5.74, 6) is -1.13. The van der Waals surface area contributed by atoms with Crippen molar-refractivity contribution in [2.75, 3.05) is 11.6 Å². The van der Waals surface area contributed by atoms with Crippen molar-refractivity contribution in [3.63, 3.8) is 0 Å². The molecule has 2 rings (SSSR count). The van der Waals surface area contributed by atoms with Crippen LogP contribution in [-0.4, -0.2) is 57.5 Å². The highest BCUT2D eigenvalue weighted by molar-refractivity contribution is 5.88. The third-order valence-corrected chi connectivity index (χ3v) is 3.18. The van der Waals surface area contributed by atoms with Gasteiger partial charge in [-0.3, -0.25) is 0 Å². The van der Waals surface area contributed by atoms with E-state index in [4.69, 9.17) is 9.84 Å². The second-order valence-electron chi connectivity index (χ2n) is 4.55. The van der Waals surface area contributed by atoms with Crippen LogP contribution in [0.4, 0.5) is 5.69 Å². The monoisotopic (exact) mass is 298 g/mol. The molecule has 21 heavy (non-hydrogen) atoms. The molecule has 9 heteroatoms. The molecule has 1 aliphatic heterocycles. The average molecular weight is 298 g/mol. The van der Waals surface area contributed by atoms with Gasteiger partial charge in [-0.05, 0) is 24.3 Å². The number of anilines is 1. The maximum atomic E-state index is 11.0. The first-order valence-electron chi connectivity index (χ1n) is 6.07. The Labute approximate surface area is 118 Å². The van der Waals surface area contributed by atoms with Crippen LogP contribution in [-0.2, 0) is 4.74 Å². The highest BCUT2D eigenvalue weighted by Crippen LogP contribution is 2.25. The lowest BCUT2D eigenvalue weighted by Crippen LogP contribution is -2.58. The third-order valence-electron chi connectivity index (χ3n) is 3.18. The topological polar surface area (TPSA) is 140 Å². The molecular weight excluding hydrogens is 284 g/mol. The highest BCUT2D eigenvalue weighted by Gasteiger charge is 2.41. The van der Waals surface area contributed by atoms with Crippen molar-refractivity contribution in [2.45, 2.75) is 24.5 Å². The molecule has 114 valence electrons. The van der Waals surface area contributed by atoms with E-state index in [1.165, 1.54) is 24.3 Å². The summed E-state index contributed by atoms with van der Waals surface area (Å²) < 4.78 is 5.11. The Morgan fingerprint density at radius 1 is 1.19 bits per heavy atom. The second-order valence-corrected chi connectivity index (χ2v) is 4.55. The molecule has 1 saturated heterocycles. The first-order valence-corrected chi connectivity index (χ1v) is 6.07. The van der Waals surface area contributed by atoms with E-state index < -0.39 is 30.5 Å². The number of nitroso groups, excluding NO2 is 1. The van der Waals surface area contributed by atoms with Crippen LogP contribution < -0.4 is 5.01 Å². The van der Waals surface area contributed by atoms with Crippen LogP contribution in [0.1, 0.15) is 10.4 Å². The molecule has 4 N–H and O–H groups in total. The largest absolute Gasteiger partial charge is 0.478 e. The fraction of sp³-hybridized carbons (Fsp3) is 0.417. The fourth-order valence-corrected chi connectivity index (χ4v) is 2.00. The SMILES string of the molecule is O=NN(c1ccc(C(=O)O)cc1)C1OCC(O)C(O)C1O. The van der Waals surface area contributed by atoms with Crippen molar-refractivity contribution in [3.8, 4) is 0 Å². The Hall–Kier alpha value is -2.07. The van der Waals surface area contributed by atoms with E-state index in [1.54, 1.807) is 0 Å². The standard InChI is InChI=1S/C12H14N2O7/c15-8-5-21-11(10(17)9(8)16)14(13-20)7-3-1-6(2-4-7)12(18)19/h1-4,8-11,15-17H,5H2,(H,18,19). The van der Waals surface area contributed by atoms with Crippen LogP contribution in [0.5, 0.6) is 0 Å². The number of hydrogen-bond donors (Lipinski definition) is 4. The lowest BCUT2D eigenvalue weighted by molar-refractivity contribution is -0.186. The molecule has 0 bridgehead atoms. The number of aliphatic hydroxyl groups is 3. The predicted molar refractivity (Wildman–Crippen MR) is 69.4 cm³/mol. The molecule has 1 aromatic carbocycles. The summed E-state index contributed by atoms with van der Waals surface area (Å²) >= 11 is 0. The van der Waals surface area contributed by atoms with Gasteiger partial charge in [-0.1, -0.05) is 0 Å². The molecular formula is C12H14N2O7. The summed E-state index contributed by atoms with van der Waals surface area (Å²) in [4.78, 5) is 21.7. The summed E-state index contributed by atoms with van der Waals surface area (Å²) in [7, 11) is 0. The molecule has 0 spiro atoms. The summed E-state index contributed by atoms with van der Waals surface area (Å²) in [5.41, 5.74) is 0.202. The van der Waals surface area contributed by atoms with Crippen molar-refractivity contribution in [1.29, 1.82) is 0 Å². The summed E-state index contributed by atoms with van der Waals surface area (Å²) in [6.45, 7) is -0.276. The predicted octanol–water partition coefficient (Wildman–Crippen LogP) is -0.688. The molecule has 0 radical (unpaired) electrons. The lowest BCUT2D eigenvalue weighted by atomic mass is 10.0. The number of nitrogens with zero attached hydrogens (tertiary/aromatic N) is 2. The first kappa shape index (κ1) is 15.3. The fourth-order valence-electron chi connectivity index (χ4n) is 2.00. The maximum absolute atomic E-state index is 11.0. The van der Waals surface area contributed by atoms with E-state index in [0.717, 1.165) is 5.01 Å². The molecule has 1 heterocycles. The number of ether oxygens (including phenoxy) is 1. The Morgan fingerprint density at radius 2 is 1.81 bits per heavy atom. The number of aromatic carboxylic acids is 1. The Kier molecular flexibility index (Phi) is 4.48. The molecule has 0 saturated carbocycles. The molecule has 1 aliphatic rings.